The van der Waals surface area contributed by atoms with Gasteiger partial charge in [0, 0.05) is 7.11 Å². The molecule has 0 aromatic carbocycles. The second kappa shape index (κ2) is 8.89. The Morgan fingerprint density at radius 1 is 1.11 bits per heavy atom. The van der Waals surface area contributed by atoms with E-state index < -0.39 is 0 Å². The first kappa shape index (κ1) is 15.9. The number of hydrazine groups is 1. The standard InChI is InChI=1S/C15H32N2O/c1-3-4-5-8-11-14(17-16)15(18-2)12-9-6-7-10-13-15/h14,17H,3-13,16H2,1-2H3. The Morgan fingerprint density at radius 3 is 2.28 bits per heavy atom. The summed E-state index contributed by atoms with van der Waals surface area (Å²) in [5.74, 6) is 5.80. The lowest BCUT2D eigenvalue weighted by Gasteiger charge is -2.39. The van der Waals surface area contributed by atoms with E-state index >= 15 is 0 Å². The van der Waals surface area contributed by atoms with Crippen molar-refractivity contribution in [3.05, 3.63) is 0 Å². The molecule has 0 aromatic heterocycles. The zero-order valence-corrected chi connectivity index (χ0v) is 12.3. The Bertz CT molecular complexity index is 201. The average molecular weight is 256 g/mol. The Kier molecular flexibility index (Phi) is 7.87. The van der Waals surface area contributed by atoms with E-state index in [0.29, 0.717) is 6.04 Å². The Balaban J connectivity index is 2.51. The van der Waals surface area contributed by atoms with Crippen LogP contribution >= 0.6 is 0 Å². The fraction of sp³-hybridized carbons (Fsp3) is 1.00. The van der Waals surface area contributed by atoms with E-state index in [1.807, 2.05) is 7.11 Å². The van der Waals surface area contributed by atoms with Gasteiger partial charge in [0.25, 0.3) is 0 Å². The molecule has 0 heterocycles. The lowest BCUT2D eigenvalue weighted by atomic mass is 9.83. The number of unbranched alkanes of at least 4 members (excludes halogenated alkanes) is 3. The minimum absolute atomic E-state index is 0.0164. The fourth-order valence-corrected chi connectivity index (χ4v) is 3.30. The third kappa shape index (κ3) is 4.52. The quantitative estimate of drug-likeness (QED) is 0.302. The van der Waals surface area contributed by atoms with Gasteiger partial charge < -0.3 is 4.74 Å². The molecule has 0 amide bonds. The third-order valence-corrected chi connectivity index (χ3v) is 4.54. The van der Waals surface area contributed by atoms with Crippen LogP contribution in [0.15, 0.2) is 0 Å². The summed E-state index contributed by atoms with van der Waals surface area (Å²) in [4.78, 5) is 0. The molecule has 18 heavy (non-hydrogen) atoms. The highest BCUT2D eigenvalue weighted by molar-refractivity contribution is 4.93. The molecule has 1 rings (SSSR count). The van der Waals surface area contributed by atoms with E-state index in [1.54, 1.807) is 0 Å². The molecule has 1 fully saturated rings. The van der Waals surface area contributed by atoms with Crippen LogP contribution in [0, 0.1) is 0 Å². The van der Waals surface area contributed by atoms with Crippen LogP contribution < -0.4 is 11.3 Å². The fourth-order valence-electron chi connectivity index (χ4n) is 3.30. The first-order valence-electron chi connectivity index (χ1n) is 7.80. The molecular formula is C15H32N2O. The van der Waals surface area contributed by atoms with Crippen LogP contribution in [-0.4, -0.2) is 18.8 Å². The molecule has 0 saturated heterocycles. The third-order valence-electron chi connectivity index (χ3n) is 4.54. The van der Waals surface area contributed by atoms with Gasteiger partial charge >= 0.3 is 0 Å². The molecule has 0 radical (unpaired) electrons. The van der Waals surface area contributed by atoms with Gasteiger partial charge in [0.1, 0.15) is 0 Å². The molecule has 0 spiro atoms. The summed E-state index contributed by atoms with van der Waals surface area (Å²) in [6, 6.07) is 0.317. The second-order valence-electron chi connectivity index (χ2n) is 5.75. The molecule has 1 aliphatic rings. The largest absolute Gasteiger partial charge is 0.377 e. The van der Waals surface area contributed by atoms with Crippen molar-refractivity contribution in [3.63, 3.8) is 0 Å². The van der Waals surface area contributed by atoms with Crippen LogP contribution in [-0.2, 0) is 4.74 Å². The molecule has 1 saturated carbocycles. The minimum atomic E-state index is -0.0164. The van der Waals surface area contributed by atoms with Crippen molar-refractivity contribution in [2.75, 3.05) is 7.11 Å². The van der Waals surface area contributed by atoms with Gasteiger partial charge in [-0.3, -0.25) is 11.3 Å². The van der Waals surface area contributed by atoms with Crippen molar-refractivity contribution in [2.24, 2.45) is 5.84 Å². The van der Waals surface area contributed by atoms with Crippen molar-refractivity contribution in [1.82, 2.24) is 5.43 Å². The van der Waals surface area contributed by atoms with Crippen LogP contribution in [0.3, 0.4) is 0 Å². The van der Waals surface area contributed by atoms with E-state index in [9.17, 15) is 0 Å². The lowest BCUT2D eigenvalue weighted by Crippen LogP contribution is -2.54. The van der Waals surface area contributed by atoms with Gasteiger partial charge in [0.2, 0.25) is 0 Å². The van der Waals surface area contributed by atoms with E-state index in [2.05, 4.69) is 12.3 Å². The van der Waals surface area contributed by atoms with Crippen LogP contribution in [0.4, 0.5) is 0 Å². The monoisotopic (exact) mass is 256 g/mol. The van der Waals surface area contributed by atoms with Gasteiger partial charge in [-0.25, -0.2) is 0 Å². The van der Waals surface area contributed by atoms with Gasteiger partial charge in [-0.15, -0.1) is 0 Å². The van der Waals surface area contributed by atoms with Crippen LogP contribution in [0.5, 0.6) is 0 Å². The molecule has 3 heteroatoms. The normalized spacial score (nSPS) is 21.5. The van der Waals surface area contributed by atoms with E-state index in [0.717, 1.165) is 19.3 Å². The molecule has 0 aromatic rings. The van der Waals surface area contributed by atoms with Gasteiger partial charge in [-0.2, -0.15) is 0 Å². The number of rotatable bonds is 8. The van der Waals surface area contributed by atoms with Crippen LogP contribution in [0.25, 0.3) is 0 Å². The molecular weight excluding hydrogens is 224 g/mol. The summed E-state index contributed by atoms with van der Waals surface area (Å²) in [5.41, 5.74) is 3.03. The van der Waals surface area contributed by atoms with Crippen molar-refractivity contribution in [2.45, 2.75) is 89.2 Å². The highest BCUT2D eigenvalue weighted by atomic mass is 16.5. The van der Waals surface area contributed by atoms with Gasteiger partial charge in [0.15, 0.2) is 0 Å². The topological polar surface area (TPSA) is 47.3 Å². The molecule has 3 N–H and O–H groups in total. The van der Waals surface area contributed by atoms with E-state index in [-0.39, 0.29) is 5.60 Å². The maximum Gasteiger partial charge on any atom is 0.0844 e. The minimum Gasteiger partial charge on any atom is -0.377 e. The Labute approximate surface area is 113 Å². The van der Waals surface area contributed by atoms with Crippen molar-refractivity contribution in [1.29, 1.82) is 0 Å². The average Bonchev–Trinajstić information content (AvgIpc) is 2.65. The number of hydrogen-bond donors (Lipinski definition) is 2. The number of nitrogens with two attached hydrogens (primary N) is 1. The summed E-state index contributed by atoms with van der Waals surface area (Å²) in [6.45, 7) is 2.25. The number of ether oxygens (including phenoxy) is 1. The summed E-state index contributed by atoms with van der Waals surface area (Å²) in [5, 5.41) is 0. The number of nitrogens with one attached hydrogen (secondary N) is 1. The second-order valence-corrected chi connectivity index (χ2v) is 5.75. The molecule has 0 bridgehead atoms. The van der Waals surface area contributed by atoms with Gasteiger partial charge in [-0.1, -0.05) is 58.3 Å². The maximum atomic E-state index is 5.93. The SMILES string of the molecule is CCCCCCC(NN)C1(OC)CCCCCC1. The van der Waals surface area contributed by atoms with E-state index in [4.69, 9.17) is 10.6 Å². The molecule has 108 valence electrons. The summed E-state index contributed by atoms with van der Waals surface area (Å²) < 4.78 is 5.93. The predicted octanol–water partition coefficient (Wildman–Crippen LogP) is 3.53. The zero-order valence-electron chi connectivity index (χ0n) is 12.3. The van der Waals surface area contributed by atoms with Crippen LogP contribution in [0.2, 0.25) is 0 Å². The van der Waals surface area contributed by atoms with Gasteiger partial charge in [-0.05, 0) is 19.3 Å². The maximum absolute atomic E-state index is 5.93. The molecule has 3 nitrogen and oxygen atoms in total. The Hall–Kier alpha value is -0.120. The predicted molar refractivity (Wildman–Crippen MR) is 77.3 cm³/mol. The smallest absolute Gasteiger partial charge is 0.0844 e. The molecule has 1 atom stereocenters. The molecule has 1 unspecified atom stereocenters. The highest BCUT2D eigenvalue weighted by Crippen LogP contribution is 2.34. The van der Waals surface area contributed by atoms with Crippen molar-refractivity contribution in [3.8, 4) is 0 Å². The first-order chi connectivity index (χ1) is 8.79. The Morgan fingerprint density at radius 2 is 1.78 bits per heavy atom. The summed E-state index contributed by atoms with van der Waals surface area (Å²) >= 11 is 0. The summed E-state index contributed by atoms with van der Waals surface area (Å²) in [6.07, 6.45) is 13.9. The van der Waals surface area contributed by atoms with Crippen molar-refractivity contribution >= 4 is 0 Å². The summed E-state index contributed by atoms with van der Waals surface area (Å²) in [7, 11) is 1.86. The molecule has 1 aliphatic carbocycles. The number of methoxy groups -OCH3 is 1. The van der Waals surface area contributed by atoms with Gasteiger partial charge in [0.05, 0.1) is 11.6 Å². The van der Waals surface area contributed by atoms with Crippen LogP contribution in [0.1, 0.15) is 77.6 Å². The number of hydrogen-bond acceptors (Lipinski definition) is 3. The van der Waals surface area contributed by atoms with E-state index in [1.165, 1.54) is 51.4 Å². The highest BCUT2D eigenvalue weighted by Gasteiger charge is 2.38. The zero-order chi connectivity index (χ0) is 13.3. The lowest BCUT2D eigenvalue weighted by molar-refractivity contribution is -0.0553. The molecule has 0 aliphatic heterocycles. The van der Waals surface area contributed by atoms with Crippen molar-refractivity contribution < 1.29 is 4.74 Å². The first-order valence-corrected chi connectivity index (χ1v) is 7.80.